The van der Waals surface area contributed by atoms with Gasteiger partial charge >= 0.3 is 0 Å². The Bertz CT molecular complexity index is 903. The Hall–Kier alpha value is -3.04. The number of carbonyl (C=O) groups is 1. The summed E-state index contributed by atoms with van der Waals surface area (Å²) in [5.41, 5.74) is 1.46. The lowest BCUT2D eigenvalue weighted by atomic mass is 10.1. The monoisotopic (exact) mass is 392 g/mol. The second kappa shape index (κ2) is 8.56. The summed E-state index contributed by atoms with van der Waals surface area (Å²) in [4.78, 5) is 34.5. The number of carbonyl (C=O) groups excluding carboxylic acids is 1. The normalized spacial score (nSPS) is 10.7. The summed E-state index contributed by atoms with van der Waals surface area (Å²) in [6.07, 6.45) is 0. The Kier molecular flexibility index (Phi) is 6.43. The van der Waals surface area contributed by atoms with Crippen molar-refractivity contribution in [3.63, 3.8) is 0 Å². The highest BCUT2D eigenvalue weighted by Gasteiger charge is 2.15. The Labute approximate surface area is 159 Å². The number of nitrogens with one attached hydrogen (secondary N) is 1. The van der Waals surface area contributed by atoms with E-state index in [0.717, 1.165) is 0 Å². The molecule has 0 saturated heterocycles. The molecule has 0 aromatic heterocycles. The average Bonchev–Trinajstić information content (AvgIpc) is 2.58. The van der Waals surface area contributed by atoms with Crippen LogP contribution in [0.25, 0.3) is 0 Å². The molecule has 0 aliphatic rings. The van der Waals surface area contributed by atoms with Crippen LogP contribution in [0.4, 0.5) is 17.1 Å². The van der Waals surface area contributed by atoms with Crippen LogP contribution in [0.2, 0.25) is 5.02 Å². The number of rotatable bonds is 7. The highest BCUT2D eigenvalue weighted by atomic mass is 35.5. The van der Waals surface area contributed by atoms with Gasteiger partial charge in [-0.3, -0.25) is 29.9 Å². The van der Waals surface area contributed by atoms with Gasteiger partial charge in [0.1, 0.15) is 0 Å². The summed E-state index contributed by atoms with van der Waals surface area (Å²) in [5.74, 6) is -0.323. The van der Waals surface area contributed by atoms with Crippen LogP contribution in [0.3, 0.4) is 0 Å². The number of nitro groups is 2. The number of aryl methyl sites for hydroxylation is 1. The molecule has 0 bridgehead atoms. The van der Waals surface area contributed by atoms with Gasteiger partial charge in [-0.25, -0.2) is 0 Å². The molecule has 2 aromatic rings. The van der Waals surface area contributed by atoms with E-state index in [1.54, 1.807) is 18.9 Å². The molecule has 0 fully saturated rings. The molecule has 1 N–H and O–H groups in total. The number of amides is 1. The Morgan fingerprint density at radius 1 is 1.11 bits per heavy atom. The fourth-order valence-corrected chi connectivity index (χ4v) is 2.66. The summed E-state index contributed by atoms with van der Waals surface area (Å²) >= 11 is 6.07. The number of halogens is 1. The van der Waals surface area contributed by atoms with Crippen LogP contribution in [-0.2, 0) is 11.3 Å². The second-order valence-corrected chi connectivity index (χ2v) is 6.42. The zero-order valence-corrected chi connectivity index (χ0v) is 15.4. The first-order valence-electron chi connectivity index (χ1n) is 7.83. The smallest absolute Gasteiger partial charge is 0.269 e. The zero-order chi connectivity index (χ0) is 20.1. The third-order valence-corrected chi connectivity index (χ3v) is 4.16. The highest BCUT2D eigenvalue weighted by Crippen LogP contribution is 2.23. The minimum Gasteiger partial charge on any atom is -0.325 e. The molecule has 10 heteroatoms. The first-order valence-corrected chi connectivity index (χ1v) is 8.21. The first kappa shape index (κ1) is 20.3. The molecule has 9 nitrogen and oxygen atoms in total. The van der Waals surface area contributed by atoms with Gasteiger partial charge in [-0.05, 0) is 37.2 Å². The van der Waals surface area contributed by atoms with E-state index in [1.807, 2.05) is 0 Å². The number of nitrogens with zero attached hydrogens (tertiary/aromatic N) is 3. The van der Waals surface area contributed by atoms with Crippen molar-refractivity contribution in [1.82, 2.24) is 4.90 Å². The molecule has 0 aliphatic carbocycles. The van der Waals surface area contributed by atoms with Gasteiger partial charge < -0.3 is 5.32 Å². The van der Waals surface area contributed by atoms with Crippen LogP contribution in [0, 0.1) is 27.2 Å². The lowest BCUT2D eigenvalue weighted by molar-refractivity contribution is -0.385. The number of benzene rings is 2. The maximum absolute atomic E-state index is 12.2. The van der Waals surface area contributed by atoms with Gasteiger partial charge in [0.05, 0.1) is 16.4 Å². The number of hydrogen-bond donors (Lipinski definition) is 1. The molecule has 0 saturated carbocycles. The van der Waals surface area contributed by atoms with Crippen LogP contribution in [0.15, 0.2) is 36.4 Å². The van der Waals surface area contributed by atoms with E-state index in [0.29, 0.717) is 21.8 Å². The summed E-state index contributed by atoms with van der Waals surface area (Å²) < 4.78 is 0. The SMILES string of the molecule is Cc1cc([N+](=O)[O-])ccc1NC(=O)CN(C)Cc1cc([N+](=O)[O-])ccc1Cl. The minimum atomic E-state index is -0.510. The molecule has 2 rings (SSSR count). The highest BCUT2D eigenvalue weighted by molar-refractivity contribution is 6.31. The predicted octanol–water partition coefficient (Wildman–Crippen LogP) is 3.54. The molecule has 0 unspecified atom stereocenters. The van der Waals surface area contributed by atoms with Gasteiger partial charge in [-0.1, -0.05) is 11.6 Å². The van der Waals surface area contributed by atoms with E-state index < -0.39 is 9.85 Å². The lowest BCUT2D eigenvalue weighted by Crippen LogP contribution is -2.30. The van der Waals surface area contributed by atoms with Crippen molar-refractivity contribution in [1.29, 1.82) is 0 Å². The predicted molar refractivity (Wildman–Crippen MR) is 101 cm³/mol. The summed E-state index contributed by atoms with van der Waals surface area (Å²) in [7, 11) is 1.68. The third-order valence-electron chi connectivity index (χ3n) is 3.79. The Morgan fingerprint density at radius 2 is 1.70 bits per heavy atom. The minimum absolute atomic E-state index is 0.00937. The number of anilines is 1. The second-order valence-electron chi connectivity index (χ2n) is 6.01. The molecule has 142 valence electrons. The van der Waals surface area contributed by atoms with Crippen molar-refractivity contribution < 1.29 is 14.6 Å². The summed E-state index contributed by atoms with van der Waals surface area (Å²) in [6, 6.07) is 8.30. The largest absolute Gasteiger partial charge is 0.325 e. The van der Waals surface area contributed by atoms with Crippen LogP contribution in [0.1, 0.15) is 11.1 Å². The van der Waals surface area contributed by atoms with Crippen molar-refractivity contribution in [2.75, 3.05) is 18.9 Å². The van der Waals surface area contributed by atoms with Crippen LogP contribution < -0.4 is 5.32 Å². The fraction of sp³-hybridized carbons (Fsp3) is 0.235. The quantitative estimate of drug-likeness (QED) is 0.568. The molecule has 0 heterocycles. The standard InChI is InChI=1S/C17H17ClN4O5/c1-11-7-13(21(24)25)4-6-16(11)19-17(23)10-20(2)9-12-8-14(22(26)27)3-5-15(12)18/h3-8H,9-10H2,1-2H3,(H,19,23). The van der Waals surface area contributed by atoms with E-state index in [9.17, 15) is 25.0 Å². The van der Waals surface area contributed by atoms with Crippen molar-refractivity contribution in [3.8, 4) is 0 Å². The summed E-state index contributed by atoms with van der Waals surface area (Å²) in [5, 5.41) is 24.7. The van der Waals surface area contributed by atoms with Crippen molar-refractivity contribution in [2.45, 2.75) is 13.5 Å². The van der Waals surface area contributed by atoms with Gasteiger partial charge in [-0.15, -0.1) is 0 Å². The maximum atomic E-state index is 12.2. The van der Waals surface area contributed by atoms with E-state index >= 15 is 0 Å². The lowest BCUT2D eigenvalue weighted by Gasteiger charge is -2.17. The number of non-ortho nitro benzene ring substituents is 2. The van der Waals surface area contributed by atoms with Gasteiger partial charge in [-0.2, -0.15) is 0 Å². The van der Waals surface area contributed by atoms with Gasteiger partial charge in [0.15, 0.2) is 0 Å². The Morgan fingerprint density at radius 3 is 2.30 bits per heavy atom. The van der Waals surface area contributed by atoms with Crippen molar-refractivity contribution >= 4 is 34.6 Å². The molecule has 27 heavy (non-hydrogen) atoms. The third kappa shape index (κ3) is 5.47. The van der Waals surface area contributed by atoms with Gasteiger partial charge in [0.25, 0.3) is 11.4 Å². The van der Waals surface area contributed by atoms with Crippen molar-refractivity contribution in [2.24, 2.45) is 0 Å². The van der Waals surface area contributed by atoms with Crippen LogP contribution in [0.5, 0.6) is 0 Å². The van der Waals surface area contributed by atoms with Crippen LogP contribution >= 0.6 is 11.6 Å². The topological polar surface area (TPSA) is 119 Å². The average molecular weight is 393 g/mol. The van der Waals surface area contributed by atoms with Crippen molar-refractivity contribution in [3.05, 3.63) is 72.8 Å². The number of hydrogen-bond acceptors (Lipinski definition) is 6. The first-order chi connectivity index (χ1) is 12.7. The van der Waals surface area contributed by atoms with E-state index in [2.05, 4.69) is 5.32 Å². The van der Waals surface area contributed by atoms with Gasteiger partial charge in [0.2, 0.25) is 5.91 Å². The molecule has 0 spiro atoms. The molecular formula is C17H17ClN4O5. The fourth-order valence-electron chi connectivity index (χ4n) is 2.48. The number of nitro benzene ring substituents is 2. The Balaban J connectivity index is 2.01. The molecule has 0 radical (unpaired) electrons. The maximum Gasteiger partial charge on any atom is 0.269 e. The van der Waals surface area contributed by atoms with E-state index in [4.69, 9.17) is 11.6 Å². The molecule has 2 aromatic carbocycles. The number of likely N-dealkylation sites (N-methyl/N-ethyl adjacent to an activating group) is 1. The molecule has 0 atom stereocenters. The van der Waals surface area contributed by atoms with Gasteiger partial charge in [0, 0.05) is 41.5 Å². The molecular weight excluding hydrogens is 376 g/mol. The van der Waals surface area contributed by atoms with Crippen LogP contribution in [-0.4, -0.2) is 34.2 Å². The van der Waals surface area contributed by atoms with E-state index in [1.165, 1.54) is 36.4 Å². The van der Waals surface area contributed by atoms with E-state index in [-0.39, 0.29) is 30.4 Å². The molecule has 0 aliphatic heterocycles. The summed E-state index contributed by atoms with van der Waals surface area (Å²) in [6.45, 7) is 1.91. The zero-order valence-electron chi connectivity index (χ0n) is 14.6. The molecule has 1 amide bonds.